The van der Waals surface area contributed by atoms with Gasteiger partial charge in [-0.2, -0.15) is 4.31 Å². The van der Waals surface area contributed by atoms with Crippen molar-refractivity contribution in [1.82, 2.24) is 9.29 Å². The van der Waals surface area contributed by atoms with Gasteiger partial charge in [0.1, 0.15) is 6.10 Å². The second-order valence-corrected chi connectivity index (χ2v) is 11.0. The third kappa shape index (κ3) is 6.39. The number of aromatic nitrogens is 1. The number of carbonyl (C=O) groups excluding carboxylic acids is 1. The second kappa shape index (κ2) is 11.8. The molecule has 1 aromatic heterocycles. The molecule has 12 heteroatoms. The Labute approximate surface area is 203 Å². The van der Waals surface area contributed by atoms with Gasteiger partial charge in [-0.3, -0.25) is 10.1 Å². The van der Waals surface area contributed by atoms with Gasteiger partial charge in [0.25, 0.3) is 5.91 Å². The number of thiazole rings is 1. The van der Waals surface area contributed by atoms with Crippen molar-refractivity contribution >= 4 is 38.1 Å². The van der Waals surface area contributed by atoms with E-state index in [0.29, 0.717) is 17.1 Å². The van der Waals surface area contributed by atoms with Gasteiger partial charge in [-0.25, -0.2) is 13.4 Å². The minimum Gasteiger partial charge on any atom is -0.395 e. The first-order valence-corrected chi connectivity index (χ1v) is 13.3. The van der Waals surface area contributed by atoms with Crippen LogP contribution in [0.5, 0.6) is 0 Å². The fourth-order valence-corrected chi connectivity index (χ4v) is 5.73. The SMILES string of the molecule is CCN(CCO)S(=O)(=O)c1ccc(/C(=N\O[C@@H]2CC[C@@H](OC)C2)C(=O)Nc2ncc(C)s2)cc1. The van der Waals surface area contributed by atoms with E-state index in [-0.39, 0.29) is 42.5 Å². The Balaban J connectivity index is 1.86. The van der Waals surface area contributed by atoms with Crippen LogP contribution in [0.1, 0.15) is 36.6 Å². The van der Waals surface area contributed by atoms with Gasteiger partial charge in [0, 0.05) is 43.3 Å². The van der Waals surface area contributed by atoms with Crippen LogP contribution < -0.4 is 5.32 Å². The van der Waals surface area contributed by atoms with Crippen LogP contribution in [0.15, 0.2) is 40.5 Å². The number of benzene rings is 1. The summed E-state index contributed by atoms with van der Waals surface area (Å²) in [5.41, 5.74) is 0.414. The molecule has 1 aromatic carbocycles. The van der Waals surface area contributed by atoms with E-state index < -0.39 is 15.9 Å². The van der Waals surface area contributed by atoms with Crippen molar-refractivity contribution in [2.75, 3.05) is 32.1 Å². The molecule has 1 fully saturated rings. The maximum Gasteiger partial charge on any atom is 0.280 e. The van der Waals surface area contributed by atoms with E-state index in [1.54, 1.807) is 20.2 Å². The molecule has 2 aromatic rings. The number of oxime groups is 1. The molecule has 0 unspecified atom stereocenters. The summed E-state index contributed by atoms with van der Waals surface area (Å²) >= 11 is 1.33. The van der Waals surface area contributed by atoms with Crippen molar-refractivity contribution in [2.24, 2.45) is 5.16 Å². The lowest BCUT2D eigenvalue weighted by Gasteiger charge is -2.19. The number of carbonyl (C=O) groups is 1. The predicted molar refractivity (Wildman–Crippen MR) is 129 cm³/mol. The molecule has 3 rings (SSSR count). The van der Waals surface area contributed by atoms with Gasteiger partial charge in [0.05, 0.1) is 17.6 Å². The van der Waals surface area contributed by atoms with Gasteiger partial charge >= 0.3 is 0 Å². The number of methoxy groups -OCH3 is 1. The quantitative estimate of drug-likeness (QED) is 0.351. The van der Waals surface area contributed by atoms with E-state index in [0.717, 1.165) is 17.7 Å². The highest BCUT2D eigenvalue weighted by molar-refractivity contribution is 7.89. The molecular formula is C22H30N4O6S2. The summed E-state index contributed by atoms with van der Waals surface area (Å²) in [6.45, 7) is 3.53. The summed E-state index contributed by atoms with van der Waals surface area (Å²) in [7, 11) is -2.12. The number of anilines is 1. The van der Waals surface area contributed by atoms with Gasteiger partial charge in [-0.1, -0.05) is 24.2 Å². The lowest BCUT2D eigenvalue weighted by molar-refractivity contribution is -0.110. The number of nitrogens with one attached hydrogen (secondary N) is 1. The highest BCUT2D eigenvalue weighted by Crippen LogP contribution is 2.25. The van der Waals surface area contributed by atoms with Crippen LogP contribution in [0.3, 0.4) is 0 Å². The van der Waals surface area contributed by atoms with Crippen molar-refractivity contribution in [3.63, 3.8) is 0 Å². The molecule has 2 N–H and O–H groups in total. The summed E-state index contributed by atoms with van der Waals surface area (Å²) in [4.78, 5) is 23.9. The molecule has 0 aliphatic heterocycles. The standard InChI is InChI=1S/C22H30N4O6S2/c1-4-26(11-12-27)34(29,30)19-9-5-16(6-10-19)20(21(28)24-22-23-14-15(2)33-22)25-32-18-8-7-17(13-18)31-3/h5-6,9-10,14,17-18,27H,4,7-8,11-13H2,1-3H3,(H,23,24,28)/b25-20+/t17-,18-/m1/s1. The summed E-state index contributed by atoms with van der Waals surface area (Å²) < 4.78 is 32.2. The molecule has 10 nitrogen and oxygen atoms in total. The fraction of sp³-hybridized carbons (Fsp3) is 0.500. The average molecular weight is 511 g/mol. The monoisotopic (exact) mass is 510 g/mol. The van der Waals surface area contributed by atoms with E-state index in [1.165, 1.54) is 39.9 Å². The Kier molecular flexibility index (Phi) is 9.14. The first kappa shape index (κ1) is 26.2. The zero-order chi connectivity index (χ0) is 24.7. The highest BCUT2D eigenvalue weighted by atomic mass is 32.2. The van der Waals surface area contributed by atoms with E-state index in [4.69, 9.17) is 14.7 Å². The Bertz CT molecular complexity index is 1100. The van der Waals surface area contributed by atoms with E-state index in [2.05, 4.69) is 15.5 Å². The van der Waals surface area contributed by atoms with Crippen LogP contribution in [-0.4, -0.2) is 73.4 Å². The van der Waals surface area contributed by atoms with Gasteiger partial charge in [-0.15, -0.1) is 11.3 Å². The zero-order valence-electron chi connectivity index (χ0n) is 19.4. The normalized spacial score (nSPS) is 18.9. The van der Waals surface area contributed by atoms with Gasteiger partial charge in [-0.05, 0) is 31.9 Å². The van der Waals surface area contributed by atoms with Crippen LogP contribution in [0.4, 0.5) is 5.13 Å². The lowest BCUT2D eigenvalue weighted by atomic mass is 10.1. The number of likely N-dealkylation sites (N-methyl/N-ethyl adjacent to an activating group) is 1. The summed E-state index contributed by atoms with van der Waals surface area (Å²) in [6, 6.07) is 5.86. The maximum atomic E-state index is 13.0. The first-order chi connectivity index (χ1) is 16.3. The van der Waals surface area contributed by atoms with Crippen molar-refractivity contribution in [2.45, 2.75) is 50.2 Å². The predicted octanol–water partition coefficient (Wildman–Crippen LogP) is 2.38. The van der Waals surface area contributed by atoms with E-state index in [9.17, 15) is 13.2 Å². The van der Waals surface area contributed by atoms with Crippen molar-refractivity contribution in [3.8, 4) is 0 Å². The molecule has 2 atom stereocenters. The molecule has 0 spiro atoms. The van der Waals surface area contributed by atoms with Crippen LogP contribution in [0, 0.1) is 6.92 Å². The van der Waals surface area contributed by atoms with Gasteiger partial charge < -0.3 is 14.7 Å². The number of nitrogens with zero attached hydrogens (tertiary/aromatic N) is 3. The number of aliphatic hydroxyl groups excluding tert-OH is 1. The van der Waals surface area contributed by atoms with Crippen LogP contribution >= 0.6 is 11.3 Å². The molecular weight excluding hydrogens is 480 g/mol. The average Bonchev–Trinajstić information content (AvgIpc) is 3.46. The van der Waals surface area contributed by atoms with Crippen LogP contribution in [0.2, 0.25) is 0 Å². The lowest BCUT2D eigenvalue weighted by Crippen LogP contribution is -2.33. The molecule has 34 heavy (non-hydrogen) atoms. The smallest absolute Gasteiger partial charge is 0.280 e. The maximum absolute atomic E-state index is 13.0. The van der Waals surface area contributed by atoms with Gasteiger partial charge in [0.2, 0.25) is 10.0 Å². The minimum absolute atomic E-state index is 0.000621. The molecule has 1 amide bonds. The van der Waals surface area contributed by atoms with E-state index in [1.807, 2.05) is 6.92 Å². The summed E-state index contributed by atoms with van der Waals surface area (Å²) in [5, 5.41) is 16.5. The molecule has 0 radical (unpaired) electrons. The number of rotatable bonds is 11. The number of sulfonamides is 1. The van der Waals surface area contributed by atoms with Crippen LogP contribution in [-0.2, 0) is 24.4 Å². The fourth-order valence-electron chi connectivity index (χ4n) is 3.63. The summed E-state index contributed by atoms with van der Waals surface area (Å²) in [6.07, 6.45) is 3.87. The molecule has 0 saturated heterocycles. The molecule has 186 valence electrons. The van der Waals surface area contributed by atoms with Crippen molar-refractivity contribution in [1.29, 1.82) is 0 Å². The molecule has 0 bridgehead atoms. The number of hydrogen-bond donors (Lipinski definition) is 2. The third-order valence-electron chi connectivity index (χ3n) is 5.49. The van der Waals surface area contributed by atoms with Crippen LogP contribution in [0.25, 0.3) is 0 Å². The number of aryl methyl sites for hydroxylation is 1. The molecule has 1 heterocycles. The molecule has 1 aliphatic carbocycles. The van der Waals surface area contributed by atoms with E-state index >= 15 is 0 Å². The third-order valence-corrected chi connectivity index (χ3v) is 8.30. The summed E-state index contributed by atoms with van der Waals surface area (Å²) in [5.74, 6) is -0.512. The Morgan fingerprint density at radius 2 is 2.00 bits per heavy atom. The Hall–Kier alpha value is -2.38. The second-order valence-electron chi connectivity index (χ2n) is 7.81. The number of aliphatic hydroxyl groups is 1. The Morgan fingerprint density at radius 3 is 2.56 bits per heavy atom. The highest BCUT2D eigenvalue weighted by Gasteiger charge is 2.27. The molecule has 1 saturated carbocycles. The Morgan fingerprint density at radius 1 is 1.29 bits per heavy atom. The van der Waals surface area contributed by atoms with Crippen molar-refractivity contribution < 1.29 is 27.9 Å². The zero-order valence-corrected chi connectivity index (χ0v) is 21.1. The van der Waals surface area contributed by atoms with Gasteiger partial charge in [0.15, 0.2) is 10.8 Å². The minimum atomic E-state index is -3.78. The molecule has 1 aliphatic rings. The first-order valence-electron chi connectivity index (χ1n) is 11.0. The number of ether oxygens (including phenoxy) is 1. The topological polar surface area (TPSA) is 130 Å². The largest absolute Gasteiger partial charge is 0.395 e. The number of hydrogen-bond acceptors (Lipinski definition) is 9. The van der Waals surface area contributed by atoms with Crippen molar-refractivity contribution in [3.05, 3.63) is 40.9 Å². The number of amides is 1.